The molecule has 0 saturated heterocycles. The molecule has 0 aliphatic heterocycles. The molecule has 0 aliphatic carbocycles. The topological polar surface area (TPSA) is 34.1 Å². The summed E-state index contributed by atoms with van der Waals surface area (Å²) in [6.45, 7) is 4.35. The molecular weight excluding hydrogens is 435 g/mol. The Morgan fingerprint density at radius 1 is 1.24 bits per heavy atom. The fourth-order valence-corrected chi connectivity index (χ4v) is 8.66. The Morgan fingerprint density at radius 3 is 2.62 bits per heavy atom. The lowest BCUT2D eigenvalue weighted by atomic mass is 9.97. The number of unbranched alkanes of at least 4 members (excludes halogenated alkanes) is 1. The van der Waals surface area contributed by atoms with E-state index >= 15 is 0 Å². The fourth-order valence-electron chi connectivity index (χ4n) is 2.44. The van der Waals surface area contributed by atoms with E-state index in [4.69, 9.17) is 0 Å². The molecule has 6 heteroatoms. The van der Waals surface area contributed by atoms with Crippen molar-refractivity contribution in [2.75, 3.05) is 5.75 Å². The molecule has 0 bridgehead atoms. The number of halogens is 1. The van der Waals surface area contributed by atoms with Crippen LogP contribution in [0.4, 0.5) is 0 Å². The van der Waals surface area contributed by atoms with Crippen molar-refractivity contribution in [3.63, 3.8) is 0 Å². The second kappa shape index (κ2) is 7.75. The lowest BCUT2D eigenvalue weighted by molar-refractivity contribution is 0.437. The number of thiophene rings is 2. The second-order valence-corrected chi connectivity index (χ2v) is 10.6. The van der Waals surface area contributed by atoms with Crippen LogP contribution in [0.25, 0.3) is 10.1 Å². The lowest BCUT2D eigenvalue weighted by Gasteiger charge is -2.14. The van der Waals surface area contributed by atoms with Gasteiger partial charge in [0.25, 0.3) is 0 Å². The van der Waals surface area contributed by atoms with Gasteiger partial charge >= 0.3 is 0 Å². The summed E-state index contributed by atoms with van der Waals surface area (Å²) in [6, 6.07) is 0. The van der Waals surface area contributed by atoms with Gasteiger partial charge in [-0.25, -0.2) is 8.42 Å². The highest BCUT2D eigenvalue weighted by atomic mass is 127. The average Bonchev–Trinajstić information content (AvgIpc) is 3.03. The van der Waals surface area contributed by atoms with Gasteiger partial charge in [0.15, 0.2) is 9.84 Å². The van der Waals surface area contributed by atoms with Crippen molar-refractivity contribution < 1.29 is 8.42 Å². The zero-order valence-corrected chi connectivity index (χ0v) is 17.0. The van der Waals surface area contributed by atoms with E-state index in [9.17, 15) is 8.42 Å². The minimum Gasteiger partial charge on any atom is -0.223 e. The molecule has 21 heavy (non-hydrogen) atoms. The predicted octanol–water partition coefficient (Wildman–Crippen LogP) is 5.95. The molecule has 118 valence electrons. The van der Waals surface area contributed by atoms with Crippen LogP contribution >= 0.6 is 45.3 Å². The van der Waals surface area contributed by atoms with Gasteiger partial charge in [-0.1, -0.05) is 39.5 Å². The zero-order chi connectivity index (χ0) is 15.5. The van der Waals surface area contributed by atoms with Crippen molar-refractivity contribution in [1.29, 1.82) is 0 Å². The number of sulfone groups is 1. The molecule has 2 nitrogen and oxygen atoms in total. The molecule has 2 aromatic heterocycles. The van der Waals surface area contributed by atoms with E-state index in [2.05, 4.69) is 36.4 Å². The van der Waals surface area contributed by atoms with Crippen molar-refractivity contribution >= 4 is 65.2 Å². The molecule has 0 fully saturated rings. The Kier molecular flexibility index (Phi) is 6.52. The van der Waals surface area contributed by atoms with Crippen molar-refractivity contribution in [2.45, 2.75) is 50.2 Å². The number of rotatable bonds is 8. The van der Waals surface area contributed by atoms with Gasteiger partial charge in [-0.3, -0.25) is 0 Å². The summed E-state index contributed by atoms with van der Waals surface area (Å²) >= 11 is 5.25. The summed E-state index contributed by atoms with van der Waals surface area (Å²) in [5, 5.41) is 5.18. The maximum absolute atomic E-state index is 12.6. The molecule has 0 N–H and O–H groups in total. The Hall–Kier alpha value is 0.340. The van der Waals surface area contributed by atoms with E-state index in [-0.39, 0.29) is 5.75 Å². The van der Waals surface area contributed by atoms with Gasteiger partial charge in [0, 0.05) is 20.8 Å². The summed E-state index contributed by atoms with van der Waals surface area (Å²) in [6.07, 6.45) is 5.40. The maximum Gasteiger partial charge on any atom is 0.188 e. The zero-order valence-electron chi connectivity index (χ0n) is 12.4. The third kappa shape index (κ3) is 4.20. The quantitative estimate of drug-likeness (QED) is 0.460. The molecule has 0 spiro atoms. The molecule has 1 atom stereocenters. The van der Waals surface area contributed by atoms with Gasteiger partial charge in [0.05, 0.1) is 9.32 Å². The van der Waals surface area contributed by atoms with Crippen molar-refractivity contribution in [3.05, 3.63) is 14.3 Å². The van der Waals surface area contributed by atoms with Crippen LogP contribution in [-0.2, 0) is 9.84 Å². The van der Waals surface area contributed by atoms with Crippen molar-refractivity contribution in [1.82, 2.24) is 0 Å². The van der Waals surface area contributed by atoms with Crippen LogP contribution in [0.15, 0.2) is 15.0 Å². The third-order valence-electron chi connectivity index (χ3n) is 3.87. The molecule has 2 aromatic rings. The van der Waals surface area contributed by atoms with E-state index in [1.54, 1.807) is 11.3 Å². The van der Waals surface area contributed by atoms with Crippen LogP contribution in [0, 0.1) is 9.49 Å². The summed E-state index contributed by atoms with van der Waals surface area (Å²) in [5.41, 5.74) is 0. The van der Waals surface area contributed by atoms with Crippen LogP contribution < -0.4 is 0 Å². The Morgan fingerprint density at radius 2 is 2.00 bits per heavy atom. The Bertz CT molecular complexity index is 685. The van der Waals surface area contributed by atoms with Crippen molar-refractivity contribution in [3.8, 4) is 0 Å². The maximum atomic E-state index is 12.6. The molecule has 2 rings (SSSR count). The van der Waals surface area contributed by atoms with Crippen LogP contribution in [-0.4, -0.2) is 14.2 Å². The molecule has 1 unspecified atom stereocenters. The first-order valence-electron chi connectivity index (χ1n) is 7.36. The fraction of sp³-hybridized carbons (Fsp3) is 0.600. The molecule has 0 amide bonds. The van der Waals surface area contributed by atoms with E-state index in [1.807, 2.05) is 10.8 Å². The highest BCUT2D eigenvalue weighted by Crippen LogP contribution is 2.38. The van der Waals surface area contributed by atoms with Gasteiger partial charge in [0.2, 0.25) is 0 Å². The number of fused-ring (bicyclic) bond motifs is 1. The van der Waals surface area contributed by atoms with Crippen LogP contribution in [0.2, 0.25) is 0 Å². The predicted molar refractivity (Wildman–Crippen MR) is 102 cm³/mol. The lowest BCUT2D eigenvalue weighted by Crippen LogP contribution is -2.11. The molecule has 2 heterocycles. The normalized spacial score (nSPS) is 13.9. The van der Waals surface area contributed by atoms with E-state index in [1.165, 1.54) is 24.2 Å². The third-order valence-corrected chi connectivity index (χ3v) is 10.1. The van der Waals surface area contributed by atoms with Gasteiger partial charge in [-0.15, -0.1) is 11.3 Å². The van der Waals surface area contributed by atoms with E-state index < -0.39 is 9.84 Å². The van der Waals surface area contributed by atoms with E-state index in [0.717, 1.165) is 32.9 Å². The summed E-state index contributed by atoms with van der Waals surface area (Å²) < 4.78 is 27.8. The van der Waals surface area contributed by atoms with Gasteiger partial charge < -0.3 is 0 Å². The van der Waals surface area contributed by atoms with Crippen LogP contribution in [0.1, 0.15) is 46.0 Å². The van der Waals surface area contributed by atoms with Gasteiger partial charge in [0.1, 0.15) is 4.21 Å². The summed E-state index contributed by atoms with van der Waals surface area (Å²) in [4.78, 5) is 0. The first-order valence-corrected chi connectivity index (χ1v) is 11.9. The minimum absolute atomic E-state index is 0.289. The second-order valence-electron chi connectivity index (χ2n) is 5.38. The first-order chi connectivity index (χ1) is 9.99. The Labute approximate surface area is 149 Å². The molecule has 0 radical (unpaired) electrons. The van der Waals surface area contributed by atoms with Gasteiger partial charge in [-0.05, 0) is 34.9 Å². The molecular formula is C15H21IO2S3. The van der Waals surface area contributed by atoms with Crippen LogP contribution in [0.3, 0.4) is 0 Å². The highest BCUT2D eigenvalue weighted by Gasteiger charge is 2.24. The first kappa shape index (κ1) is 17.7. The van der Waals surface area contributed by atoms with Gasteiger partial charge in [-0.2, -0.15) is 11.3 Å². The molecule has 0 aromatic carbocycles. The largest absolute Gasteiger partial charge is 0.223 e. The average molecular weight is 456 g/mol. The van der Waals surface area contributed by atoms with E-state index in [0.29, 0.717) is 10.1 Å². The number of hydrogen-bond donors (Lipinski definition) is 0. The van der Waals surface area contributed by atoms with Crippen molar-refractivity contribution in [2.24, 2.45) is 5.92 Å². The minimum atomic E-state index is -3.14. The Balaban J connectivity index is 2.10. The standard InChI is InChI=1S/C15H21IO2S3/c1-3-5-6-11(4-2)7-8-21(17,18)15-14(16)12-9-19-10-13(12)20-15/h9-11H,3-8H2,1-2H3. The highest BCUT2D eigenvalue weighted by molar-refractivity contribution is 14.1. The van der Waals surface area contributed by atoms with Crippen LogP contribution in [0.5, 0.6) is 0 Å². The smallest absolute Gasteiger partial charge is 0.188 e. The monoisotopic (exact) mass is 456 g/mol. The SMILES string of the molecule is CCCCC(CC)CCS(=O)(=O)c1sc2cscc2c1I. The summed E-state index contributed by atoms with van der Waals surface area (Å²) in [7, 11) is -3.14. The molecule has 0 saturated carbocycles. The number of hydrogen-bond acceptors (Lipinski definition) is 4. The molecule has 0 aliphatic rings. The summed E-state index contributed by atoms with van der Waals surface area (Å²) in [5.74, 6) is 0.829.